The Balaban J connectivity index is 1.33. The van der Waals surface area contributed by atoms with Gasteiger partial charge in [-0.05, 0) is 78.1 Å². The van der Waals surface area contributed by atoms with Gasteiger partial charge in [0.1, 0.15) is 11.3 Å². The molecule has 1 amide bonds. The van der Waals surface area contributed by atoms with E-state index < -0.39 is 5.97 Å². The molecule has 210 valence electrons. The van der Waals surface area contributed by atoms with Crippen LogP contribution < -0.4 is 4.74 Å². The van der Waals surface area contributed by atoms with Crippen molar-refractivity contribution in [3.63, 3.8) is 0 Å². The van der Waals surface area contributed by atoms with E-state index in [1.807, 2.05) is 34.7 Å². The molecular weight excluding hydrogens is 516 g/mol. The van der Waals surface area contributed by atoms with E-state index in [9.17, 15) is 14.7 Å². The van der Waals surface area contributed by atoms with Crippen LogP contribution in [0.4, 0.5) is 0 Å². The number of aromatic nitrogens is 3. The highest BCUT2D eigenvalue weighted by Crippen LogP contribution is 2.37. The summed E-state index contributed by atoms with van der Waals surface area (Å²) in [7, 11) is 0. The molecule has 7 heterocycles. The number of rotatable bonds is 2. The van der Waals surface area contributed by atoms with Crippen LogP contribution >= 0.6 is 0 Å². The predicted molar refractivity (Wildman–Crippen MR) is 154 cm³/mol. The van der Waals surface area contributed by atoms with Crippen LogP contribution in [0.25, 0.3) is 11.0 Å². The summed E-state index contributed by atoms with van der Waals surface area (Å²) in [4.78, 5) is 27.8. The molecule has 0 spiro atoms. The van der Waals surface area contributed by atoms with Crippen molar-refractivity contribution in [3.8, 4) is 5.75 Å². The maximum Gasteiger partial charge on any atom is 0.304 e. The molecule has 0 fully saturated rings. The summed E-state index contributed by atoms with van der Waals surface area (Å²) in [5, 5.41) is 18.9. The Morgan fingerprint density at radius 1 is 1.00 bits per heavy atom. The van der Waals surface area contributed by atoms with E-state index in [2.05, 4.69) is 34.6 Å². The molecule has 0 saturated carbocycles. The summed E-state index contributed by atoms with van der Waals surface area (Å²) in [6.07, 6.45) is 5.64. The molecule has 1 aromatic heterocycles. The number of benzene rings is 3. The Labute approximate surface area is 238 Å². The van der Waals surface area contributed by atoms with Crippen LogP contribution in [0.2, 0.25) is 0 Å². The summed E-state index contributed by atoms with van der Waals surface area (Å²) < 4.78 is 8.02. The average Bonchev–Trinajstić information content (AvgIpc) is 3.63. The van der Waals surface area contributed by atoms with Crippen LogP contribution in [0.3, 0.4) is 0 Å². The number of hydrogen-bond donors (Lipinski definition) is 1. The second-order valence-corrected chi connectivity index (χ2v) is 11.6. The van der Waals surface area contributed by atoms with Crippen LogP contribution in [0.1, 0.15) is 80.9 Å². The molecule has 41 heavy (non-hydrogen) atoms. The van der Waals surface area contributed by atoms with Gasteiger partial charge in [0, 0.05) is 37.5 Å². The van der Waals surface area contributed by atoms with Crippen molar-refractivity contribution in [1.82, 2.24) is 19.9 Å². The highest BCUT2D eigenvalue weighted by molar-refractivity contribution is 5.98. The summed E-state index contributed by atoms with van der Waals surface area (Å²) in [6, 6.07) is 14.4. The smallest absolute Gasteiger partial charge is 0.304 e. The van der Waals surface area contributed by atoms with Crippen molar-refractivity contribution in [1.29, 1.82) is 0 Å². The van der Waals surface area contributed by atoms with E-state index in [4.69, 9.17) is 4.74 Å². The fourth-order valence-corrected chi connectivity index (χ4v) is 6.96. The number of nitrogens with zero attached hydrogens (tertiary/aromatic N) is 4. The van der Waals surface area contributed by atoms with Crippen molar-refractivity contribution in [2.45, 2.75) is 70.9 Å². The molecule has 6 aliphatic heterocycles. The van der Waals surface area contributed by atoms with E-state index >= 15 is 0 Å². The second kappa shape index (κ2) is 10.3. The van der Waals surface area contributed by atoms with E-state index in [0.29, 0.717) is 25.3 Å². The third-order valence-electron chi connectivity index (χ3n) is 9.17. The summed E-state index contributed by atoms with van der Waals surface area (Å²) in [6.45, 7) is 4.55. The van der Waals surface area contributed by atoms with Crippen LogP contribution in [0, 0.1) is 6.92 Å². The molecule has 6 aliphatic rings. The van der Waals surface area contributed by atoms with E-state index in [-0.39, 0.29) is 18.2 Å². The molecule has 1 unspecified atom stereocenters. The third-order valence-corrected chi connectivity index (χ3v) is 9.17. The monoisotopic (exact) mass is 550 g/mol. The molecule has 10 rings (SSSR count). The number of aryl methyl sites for hydroxylation is 3. The molecule has 9 bridgehead atoms. The highest BCUT2D eigenvalue weighted by atomic mass is 16.5. The van der Waals surface area contributed by atoms with Crippen molar-refractivity contribution in [3.05, 3.63) is 87.0 Å². The zero-order valence-electron chi connectivity index (χ0n) is 23.4. The summed E-state index contributed by atoms with van der Waals surface area (Å²) in [5.74, 6) is -0.420. The lowest BCUT2D eigenvalue weighted by Gasteiger charge is -2.30. The Morgan fingerprint density at radius 2 is 1.88 bits per heavy atom. The third kappa shape index (κ3) is 4.55. The number of amides is 1. The SMILES string of the molecule is Cc1c2ccc3c1nnn3CCCCCc1ccc(c3c1CCO3)C(=O)N1CCc3ccc(cc3C1)C2CC(=O)O. The maximum atomic E-state index is 13.8. The lowest BCUT2D eigenvalue weighted by atomic mass is 9.83. The maximum absolute atomic E-state index is 13.8. The largest absolute Gasteiger partial charge is 0.492 e. The predicted octanol–water partition coefficient (Wildman–Crippen LogP) is 5.21. The number of carboxylic acid groups (broad SMARTS) is 1. The molecular formula is C33H34N4O4. The van der Waals surface area contributed by atoms with Crippen molar-refractivity contribution in [2.75, 3.05) is 13.2 Å². The number of ether oxygens (including phenoxy) is 1. The van der Waals surface area contributed by atoms with Crippen LogP contribution in [0.15, 0.2) is 42.5 Å². The fraction of sp³-hybridized carbons (Fsp3) is 0.394. The van der Waals surface area contributed by atoms with Gasteiger partial charge in [-0.3, -0.25) is 9.59 Å². The van der Waals surface area contributed by atoms with Crippen molar-refractivity contribution < 1.29 is 19.4 Å². The van der Waals surface area contributed by atoms with Crippen molar-refractivity contribution >= 4 is 22.9 Å². The zero-order chi connectivity index (χ0) is 28.1. The van der Waals surface area contributed by atoms with E-state index in [1.165, 1.54) is 16.7 Å². The van der Waals surface area contributed by atoms with Crippen LogP contribution in [0.5, 0.6) is 5.75 Å². The minimum absolute atomic E-state index is 0.00222. The standard InChI is InChI=1S/C33H34N4O4/c1-20-25-10-11-29-31(20)34-35-37(29)14-4-2-3-5-22-8-9-27(32-26(22)13-16-41-32)33(40)36-15-12-21-6-7-23(17-24(21)19-36)28(25)18-30(38)39/h6-11,17,28H,2-5,12-16,18-19H2,1H3,(H,38,39). The van der Waals surface area contributed by atoms with Gasteiger partial charge < -0.3 is 14.7 Å². The lowest BCUT2D eigenvalue weighted by molar-refractivity contribution is -0.137. The first-order valence-electron chi connectivity index (χ1n) is 14.7. The van der Waals surface area contributed by atoms with Gasteiger partial charge in [0.05, 0.1) is 24.1 Å². The Bertz CT molecular complexity index is 1690. The first-order valence-corrected chi connectivity index (χ1v) is 14.7. The van der Waals surface area contributed by atoms with Crippen molar-refractivity contribution in [2.24, 2.45) is 0 Å². The normalized spacial score (nSPS) is 18.6. The summed E-state index contributed by atoms with van der Waals surface area (Å²) in [5.41, 5.74) is 10.1. The van der Waals surface area contributed by atoms with Gasteiger partial charge in [-0.25, -0.2) is 4.68 Å². The number of carbonyl (C=O) groups is 2. The van der Waals surface area contributed by atoms with Crippen LogP contribution in [-0.2, 0) is 37.1 Å². The Kier molecular flexibility index (Phi) is 6.48. The van der Waals surface area contributed by atoms with Gasteiger partial charge in [0.2, 0.25) is 0 Å². The minimum atomic E-state index is -0.851. The Hall–Kier alpha value is -4.20. The van der Waals surface area contributed by atoms with E-state index in [0.717, 1.165) is 84.1 Å². The number of carboxylic acids is 1. The van der Waals surface area contributed by atoms with Gasteiger partial charge in [-0.15, -0.1) is 5.10 Å². The number of hydrogen-bond acceptors (Lipinski definition) is 5. The highest BCUT2D eigenvalue weighted by Gasteiger charge is 2.30. The average molecular weight is 551 g/mol. The number of carbonyl (C=O) groups excluding carboxylic acids is 1. The molecule has 4 aromatic rings. The molecule has 0 radical (unpaired) electrons. The molecule has 3 aromatic carbocycles. The summed E-state index contributed by atoms with van der Waals surface area (Å²) >= 11 is 0. The van der Waals surface area contributed by atoms with Gasteiger partial charge in [-0.2, -0.15) is 0 Å². The molecule has 0 saturated heterocycles. The molecule has 8 heteroatoms. The van der Waals surface area contributed by atoms with Gasteiger partial charge >= 0.3 is 5.97 Å². The fourth-order valence-electron chi connectivity index (χ4n) is 6.96. The van der Waals surface area contributed by atoms with Crippen LogP contribution in [-0.4, -0.2) is 50.0 Å². The molecule has 1 atom stereocenters. The van der Waals surface area contributed by atoms with Gasteiger partial charge in [0.25, 0.3) is 5.91 Å². The Morgan fingerprint density at radius 3 is 2.76 bits per heavy atom. The topological polar surface area (TPSA) is 97.5 Å². The first kappa shape index (κ1) is 25.7. The molecule has 1 N–H and O–H groups in total. The van der Waals surface area contributed by atoms with Gasteiger partial charge in [0.15, 0.2) is 0 Å². The van der Waals surface area contributed by atoms with E-state index in [1.54, 1.807) is 0 Å². The molecule has 0 aliphatic carbocycles. The number of aliphatic carboxylic acids is 1. The second-order valence-electron chi connectivity index (χ2n) is 11.6. The minimum Gasteiger partial charge on any atom is -0.492 e. The quantitative estimate of drug-likeness (QED) is 0.368. The van der Waals surface area contributed by atoms with Gasteiger partial charge in [-0.1, -0.05) is 42.0 Å². The zero-order valence-corrected chi connectivity index (χ0v) is 23.4. The molecule has 8 nitrogen and oxygen atoms in total. The lowest BCUT2D eigenvalue weighted by Crippen LogP contribution is -2.36. The first-order chi connectivity index (χ1) is 20.0.